The van der Waals surface area contributed by atoms with E-state index < -0.39 is 0 Å². The lowest BCUT2D eigenvalue weighted by Crippen LogP contribution is -2.34. The average Bonchev–Trinajstić information content (AvgIpc) is 2.49. The molecule has 0 spiro atoms. The molecule has 114 valence electrons. The molecule has 0 saturated carbocycles. The third-order valence-corrected chi connectivity index (χ3v) is 4.28. The lowest BCUT2D eigenvalue weighted by atomic mass is 10.2. The van der Waals surface area contributed by atoms with E-state index >= 15 is 0 Å². The Kier molecular flexibility index (Phi) is 5.93. The fourth-order valence-corrected chi connectivity index (χ4v) is 2.83. The van der Waals surface area contributed by atoms with Gasteiger partial charge in [0, 0.05) is 10.0 Å². The van der Waals surface area contributed by atoms with Crippen molar-refractivity contribution in [2.45, 2.75) is 0 Å². The maximum absolute atomic E-state index is 12.2. The van der Waals surface area contributed by atoms with Crippen LogP contribution in [-0.2, 0) is 0 Å². The van der Waals surface area contributed by atoms with E-state index in [-0.39, 0.29) is 11.0 Å². The number of methoxy groups -OCH3 is 1. The Morgan fingerprint density at radius 1 is 1.14 bits per heavy atom. The predicted octanol–water partition coefficient (Wildman–Crippen LogP) is 4.35. The van der Waals surface area contributed by atoms with Crippen molar-refractivity contribution in [2.75, 3.05) is 12.4 Å². The van der Waals surface area contributed by atoms with Gasteiger partial charge < -0.3 is 10.1 Å². The van der Waals surface area contributed by atoms with Gasteiger partial charge in [0.05, 0.1) is 17.3 Å². The predicted molar refractivity (Wildman–Crippen MR) is 98.5 cm³/mol. The van der Waals surface area contributed by atoms with Gasteiger partial charge in [0.15, 0.2) is 5.11 Å². The van der Waals surface area contributed by atoms with E-state index in [0.29, 0.717) is 15.8 Å². The summed E-state index contributed by atoms with van der Waals surface area (Å²) in [5.74, 6) is 0.360. The van der Waals surface area contributed by atoms with Crippen LogP contribution in [-0.4, -0.2) is 18.1 Å². The summed E-state index contributed by atoms with van der Waals surface area (Å²) < 4.78 is 6.69. The van der Waals surface area contributed by atoms with Gasteiger partial charge in [-0.25, -0.2) is 0 Å². The minimum Gasteiger partial charge on any atom is -0.496 e. The third kappa shape index (κ3) is 4.28. The molecule has 2 N–H and O–H groups in total. The summed E-state index contributed by atoms with van der Waals surface area (Å²) in [6.07, 6.45) is 0. The molecule has 0 bridgehead atoms. The Labute approximate surface area is 150 Å². The van der Waals surface area contributed by atoms with E-state index in [0.717, 1.165) is 10.2 Å². The standard InChI is InChI=1S/C15H12Br2N2O2S/c1-21-13-7-6-9(8-11(13)17)14(20)19-15(22)18-12-5-3-2-4-10(12)16/h2-8H,1H3,(H2,18,19,20,22). The van der Waals surface area contributed by atoms with Crippen LogP contribution >= 0.6 is 44.1 Å². The van der Waals surface area contributed by atoms with Crippen LogP contribution in [0, 0.1) is 0 Å². The van der Waals surface area contributed by atoms with Crippen molar-refractivity contribution in [1.29, 1.82) is 0 Å². The zero-order valence-corrected chi connectivity index (χ0v) is 15.5. The average molecular weight is 444 g/mol. The molecule has 2 aromatic carbocycles. The van der Waals surface area contributed by atoms with E-state index in [4.69, 9.17) is 17.0 Å². The molecule has 0 fully saturated rings. The highest BCUT2D eigenvalue weighted by atomic mass is 79.9. The van der Waals surface area contributed by atoms with Gasteiger partial charge in [-0.1, -0.05) is 12.1 Å². The molecule has 0 aliphatic carbocycles. The summed E-state index contributed by atoms with van der Waals surface area (Å²) in [5, 5.41) is 5.83. The molecule has 2 rings (SSSR count). The number of para-hydroxylation sites is 1. The van der Waals surface area contributed by atoms with E-state index in [1.54, 1.807) is 25.3 Å². The zero-order chi connectivity index (χ0) is 16.1. The van der Waals surface area contributed by atoms with E-state index in [2.05, 4.69) is 42.5 Å². The molecule has 0 aliphatic rings. The van der Waals surface area contributed by atoms with E-state index in [1.807, 2.05) is 24.3 Å². The number of carbonyl (C=O) groups is 1. The smallest absolute Gasteiger partial charge is 0.257 e. The minimum absolute atomic E-state index is 0.226. The molecule has 0 radical (unpaired) electrons. The molecule has 0 unspecified atom stereocenters. The van der Waals surface area contributed by atoms with Crippen molar-refractivity contribution in [2.24, 2.45) is 0 Å². The first kappa shape index (κ1) is 16.9. The fraction of sp³-hybridized carbons (Fsp3) is 0.0667. The highest BCUT2D eigenvalue weighted by Crippen LogP contribution is 2.25. The molecule has 4 nitrogen and oxygen atoms in total. The number of benzene rings is 2. The van der Waals surface area contributed by atoms with Crippen LogP contribution in [0.5, 0.6) is 5.75 Å². The molecule has 2 aromatic rings. The van der Waals surface area contributed by atoms with Crippen molar-refractivity contribution in [3.05, 3.63) is 57.0 Å². The Morgan fingerprint density at radius 2 is 1.86 bits per heavy atom. The summed E-state index contributed by atoms with van der Waals surface area (Å²) in [6, 6.07) is 12.6. The van der Waals surface area contributed by atoms with Crippen molar-refractivity contribution in [3.8, 4) is 5.75 Å². The van der Waals surface area contributed by atoms with Crippen LogP contribution in [0.1, 0.15) is 10.4 Å². The topological polar surface area (TPSA) is 50.4 Å². The van der Waals surface area contributed by atoms with Crippen LogP contribution < -0.4 is 15.4 Å². The Balaban J connectivity index is 2.04. The van der Waals surface area contributed by atoms with Crippen LogP contribution in [0.2, 0.25) is 0 Å². The quantitative estimate of drug-likeness (QED) is 0.692. The second-order valence-electron chi connectivity index (χ2n) is 4.24. The molecule has 0 saturated heterocycles. The second kappa shape index (κ2) is 7.71. The third-order valence-electron chi connectivity index (χ3n) is 2.76. The maximum atomic E-state index is 12.2. The molecule has 7 heteroatoms. The molecule has 0 atom stereocenters. The first-order valence-electron chi connectivity index (χ1n) is 6.21. The van der Waals surface area contributed by atoms with Gasteiger partial charge in [0.25, 0.3) is 5.91 Å². The number of thiocarbonyl (C=S) groups is 1. The number of carbonyl (C=O) groups excluding carboxylic acids is 1. The fourth-order valence-electron chi connectivity index (χ4n) is 1.70. The zero-order valence-electron chi connectivity index (χ0n) is 11.5. The molecule has 1 amide bonds. The van der Waals surface area contributed by atoms with Crippen molar-refractivity contribution >= 4 is 60.8 Å². The first-order chi connectivity index (χ1) is 10.5. The summed E-state index contributed by atoms with van der Waals surface area (Å²) >= 11 is 11.9. The number of anilines is 1. The van der Waals surface area contributed by atoms with Gasteiger partial charge in [0.2, 0.25) is 0 Å². The van der Waals surface area contributed by atoms with Crippen molar-refractivity contribution in [1.82, 2.24) is 5.32 Å². The monoisotopic (exact) mass is 442 g/mol. The number of nitrogens with one attached hydrogen (secondary N) is 2. The summed E-state index contributed by atoms with van der Waals surface area (Å²) in [7, 11) is 1.57. The van der Waals surface area contributed by atoms with Crippen LogP contribution in [0.3, 0.4) is 0 Å². The number of halogens is 2. The van der Waals surface area contributed by atoms with Gasteiger partial charge in [0.1, 0.15) is 5.75 Å². The Morgan fingerprint density at radius 3 is 2.50 bits per heavy atom. The van der Waals surface area contributed by atoms with Crippen molar-refractivity contribution in [3.63, 3.8) is 0 Å². The van der Waals surface area contributed by atoms with E-state index in [1.165, 1.54) is 0 Å². The highest BCUT2D eigenvalue weighted by molar-refractivity contribution is 9.11. The van der Waals surface area contributed by atoms with Gasteiger partial charge in [-0.15, -0.1) is 0 Å². The number of ether oxygens (including phenoxy) is 1. The molecular weight excluding hydrogens is 432 g/mol. The number of hydrogen-bond donors (Lipinski definition) is 2. The van der Waals surface area contributed by atoms with Gasteiger partial charge >= 0.3 is 0 Å². The van der Waals surface area contributed by atoms with Gasteiger partial charge in [-0.05, 0) is 74.4 Å². The van der Waals surface area contributed by atoms with Crippen molar-refractivity contribution < 1.29 is 9.53 Å². The first-order valence-corrected chi connectivity index (χ1v) is 8.21. The SMILES string of the molecule is COc1ccc(C(=O)NC(=S)Nc2ccccc2Br)cc1Br. The largest absolute Gasteiger partial charge is 0.496 e. The Hall–Kier alpha value is -1.44. The lowest BCUT2D eigenvalue weighted by Gasteiger charge is -2.11. The maximum Gasteiger partial charge on any atom is 0.257 e. The molecule has 0 aliphatic heterocycles. The summed E-state index contributed by atoms with van der Waals surface area (Å²) in [6.45, 7) is 0. The number of hydrogen-bond acceptors (Lipinski definition) is 3. The molecule has 0 aromatic heterocycles. The Bertz CT molecular complexity index is 722. The number of rotatable bonds is 3. The summed E-state index contributed by atoms with van der Waals surface area (Å²) in [4.78, 5) is 12.2. The molecule has 0 heterocycles. The number of amides is 1. The molecule has 22 heavy (non-hydrogen) atoms. The van der Waals surface area contributed by atoms with Gasteiger partial charge in [-0.2, -0.15) is 0 Å². The van der Waals surface area contributed by atoms with Crippen LogP contribution in [0.25, 0.3) is 0 Å². The highest BCUT2D eigenvalue weighted by Gasteiger charge is 2.11. The van der Waals surface area contributed by atoms with Crippen LogP contribution in [0.4, 0.5) is 5.69 Å². The normalized spacial score (nSPS) is 9.95. The minimum atomic E-state index is -0.298. The summed E-state index contributed by atoms with van der Waals surface area (Å²) in [5.41, 5.74) is 1.26. The molecular formula is C15H12Br2N2O2S. The van der Waals surface area contributed by atoms with Gasteiger partial charge in [-0.3, -0.25) is 10.1 Å². The van der Waals surface area contributed by atoms with Crippen LogP contribution in [0.15, 0.2) is 51.4 Å². The second-order valence-corrected chi connectivity index (χ2v) is 6.35. The van der Waals surface area contributed by atoms with E-state index in [9.17, 15) is 4.79 Å². The lowest BCUT2D eigenvalue weighted by molar-refractivity contribution is 0.0977.